The van der Waals surface area contributed by atoms with E-state index in [4.69, 9.17) is 22.1 Å². The molecule has 17 heavy (non-hydrogen) atoms. The summed E-state index contributed by atoms with van der Waals surface area (Å²) < 4.78 is 5.98. The summed E-state index contributed by atoms with van der Waals surface area (Å²) in [5.74, 6) is -0.269. The summed E-state index contributed by atoms with van der Waals surface area (Å²) in [7, 11) is 0. The van der Waals surface area contributed by atoms with Gasteiger partial charge in [0.15, 0.2) is 0 Å². The number of rotatable bonds is 2. The van der Waals surface area contributed by atoms with Crippen molar-refractivity contribution in [2.45, 2.75) is 12.0 Å². The fourth-order valence-corrected chi connectivity index (χ4v) is 2.13. The standard InChI is InChI=1S/C11H12BrClN2O2/c12-7-1-2-8(13)9(5-7)15-10(16)11(14)3-4-17-6-11/h1-2,5H,3-4,6,14H2,(H,15,16). The van der Waals surface area contributed by atoms with E-state index in [1.807, 2.05) is 0 Å². The number of nitrogens with two attached hydrogens (primary N) is 1. The minimum atomic E-state index is -0.953. The monoisotopic (exact) mass is 318 g/mol. The lowest BCUT2D eigenvalue weighted by molar-refractivity contribution is -0.121. The molecular formula is C11H12BrClN2O2. The quantitative estimate of drug-likeness (QED) is 0.878. The predicted molar refractivity (Wildman–Crippen MR) is 70.1 cm³/mol. The van der Waals surface area contributed by atoms with Gasteiger partial charge in [-0.3, -0.25) is 4.79 Å². The molecule has 6 heteroatoms. The molecule has 1 atom stereocenters. The summed E-state index contributed by atoms with van der Waals surface area (Å²) in [6.45, 7) is 0.751. The number of hydrogen-bond donors (Lipinski definition) is 2. The molecule has 1 amide bonds. The van der Waals surface area contributed by atoms with Gasteiger partial charge in [0.2, 0.25) is 5.91 Å². The van der Waals surface area contributed by atoms with Crippen molar-refractivity contribution in [3.63, 3.8) is 0 Å². The average molecular weight is 320 g/mol. The van der Waals surface area contributed by atoms with Crippen LogP contribution in [-0.4, -0.2) is 24.7 Å². The van der Waals surface area contributed by atoms with Crippen LogP contribution in [-0.2, 0) is 9.53 Å². The number of amides is 1. The number of halogens is 2. The highest BCUT2D eigenvalue weighted by molar-refractivity contribution is 9.10. The lowest BCUT2D eigenvalue weighted by Gasteiger charge is -2.21. The van der Waals surface area contributed by atoms with Crippen LogP contribution in [0.3, 0.4) is 0 Å². The van der Waals surface area contributed by atoms with E-state index in [-0.39, 0.29) is 12.5 Å². The first-order chi connectivity index (χ1) is 8.01. The van der Waals surface area contributed by atoms with Crippen molar-refractivity contribution in [3.8, 4) is 0 Å². The van der Waals surface area contributed by atoms with Gasteiger partial charge in [0.05, 0.1) is 17.3 Å². The summed E-state index contributed by atoms with van der Waals surface area (Å²) in [5.41, 5.74) is 5.54. The van der Waals surface area contributed by atoms with Crippen LogP contribution in [0.15, 0.2) is 22.7 Å². The molecule has 1 aliphatic heterocycles. The molecule has 4 nitrogen and oxygen atoms in total. The van der Waals surface area contributed by atoms with Crippen LogP contribution < -0.4 is 11.1 Å². The molecule has 0 saturated carbocycles. The van der Waals surface area contributed by atoms with Gasteiger partial charge in [-0.2, -0.15) is 0 Å². The fourth-order valence-electron chi connectivity index (χ4n) is 1.60. The van der Waals surface area contributed by atoms with E-state index < -0.39 is 5.54 Å². The summed E-state index contributed by atoms with van der Waals surface area (Å²) in [6, 6.07) is 5.24. The van der Waals surface area contributed by atoms with Gasteiger partial charge in [-0.05, 0) is 24.6 Å². The molecule has 3 N–H and O–H groups in total. The number of hydrogen-bond acceptors (Lipinski definition) is 3. The predicted octanol–water partition coefficient (Wildman–Crippen LogP) is 2.16. The Morgan fingerprint density at radius 1 is 1.59 bits per heavy atom. The third kappa shape index (κ3) is 2.80. The molecule has 1 aromatic carbocycles. The minimum Gasteiger partial charge on any atom is -0.379 e. The SMILES string of the molecule is NC1(C(=O)Nc2cc(Br)ccc2Cl)CCOC1. The second-order valence-electron chi connectivity index (χ2n) is 4.04. The van der Waals surface area contributed by atoms with Gasteiger partial charge in [0.25, 0.3) is 0 Å². The van der Waals surface area contributed by atoms with E-state index in [1.54, 1.807) is 18.2 Å². The zero-order valence-electron chi connectivity index (χ0n) is 9.00. The molecule has 92 valence electrons. The average Bonchev–Trinajstić information content (AvgIpc) is 2.72. The van der Waals surface area contributed by atoms with Gasteiger partial charge in [0, 0.05) is 11.1 Å². The highest BCUT2D eigenvalue weighted by atomic mass is 79.9. The minimum absolute atomic E-state index is 0.241. The van der Waals surface area contributed by atoms with Crippen molar-refractivity contribution in [2.75, 3.05) is 18.5 Å². The highest BCUT2D eigenvalue weighted by Crippen LogP contribution is 2.27. The molecule has 0 aliphatic carbocycles. The summed E-state index contributed by atoms with van der Waals surface area (Å²) in [6.07, 6.45) is 0.518. The Balaban J connectivity index is 2.15. The first-order valence-corrected chi connectivity index (χ1v) is 6.31. The van der Waals surface area contributed by atoms with Crippen molar-refractivity contribution in [3.05, 3.63) is 27.7 Å². The number of nitrogens with one attached hydrogen (secondary N) is 1. The molecule has 0 spiro atoms. The van der Waals surface area contributed by atoms with Crippen molar-refractivity contribution in [2.24, 2.45) is 5.73 Å². The molecule has 0 aromatic heterocycles. The van der Waals surface area contributed by atoms with Crippen LogP contribution >= 0.6 is 27.5 Å². The van der Waals surface area contributed by atoms with E-state index in [0.29, 0.717) is 23.7 Å². The molecule has 1 aliphatic rings. The Morgan fingerprint density at radius 3 is 3.00 bits per heavy atom. The molecule has 1 heterocycles. The largest absolute Gasteiger partial charge is 0.379 e. The van der Waals surface area contributed by atoms with Crippen LogP contribution in [0.5, 0.6) is 0 Å². The molecular weight excluding hydrogens is 307 g/mol. The first-order valence-electron chi connectivity index (χ1n) is 5.14. The maximum atomic E-state index is 12.0. The number of carbonyl (C=O) groups excluding carboxylic acids is 1. The van der Waals surface area contributed by atoms with Crippen LogP contribution in [0.25, 0.3) is 0 Å². The van der Waals surface area contributed by atoms with Crippen molar-refractivity contribution in [1.82, 2.24) is 0 Å². The third-order valence-corrected chi connectivity index (χ3v) is 3.50. The Bertz CT molecular complexity index is 447. The van der Waals surface area contributed by atoms with Crippen LogP contribution in [0.4, 0.5) is 5.69 Å². The van der Waals surface area contributed by atoms with Gasteiger partial charge >= 0.3 is 0 Å². The second kappa shape index (κ2) is 4.94. The van der Waals surface area contributed by atoms with E-state index >= 15 is 0 Å². The third-order valence-electron chi connectivity index (χ3n) is 2.68. The molecule has 1 saturated heterocycles. The fraction of sp³-hybridized carbons (Fsp3) is 0.364. The summed E-state index contributed by atoms with van der Waals surface area (Å²) in [4.78, 5) is 12.0. The maximum Gasteiger partial charge on any atom is 0.246 e. The van der Waals surface area contributed by atoms with Crippen molar-refractivity contribution < 1.29 is 9.53 Å². The van der Waals surface area contributed by atoms with Gasteiger partial charge in [-0.25, -0.2) is 0 Å². The molecule has 1 fully saturated rings. The van der Waals surface area contributed by atoms with Gasteiger partial charge in [-0.1, -0.05) is 27.5 Å². The van der Waals surface area contributed by atoms with E-state index in [9.17, 15) is 4.79 Å². The van der Waals surface area contributed by atoms with Crippen LogP contribution in [0.2, 0.25) is 5.02 Å². The molecule has 0 radical (unpaired) electrons. The summed E-state index contributed by atoms with van der Waals surface area (Å²) >= 11 is 9.30. The normalized spacial score (nSPS) is 23.7. The smallest absolute Gasteiger partial charge is 0.246 e. The number of anilines is 1. The lowest BCUT2D eigenvalue weighted by Crippen LogP contribution is -2.51. The molecule has 0 bridgehead atoms. The van der Waals surface area contributed by atoms with Gasteiger partial charge in [-0.15, -0.1) is 0 Å². The van der Waals surface area contributed by atoms with Gasteiger partial charge < -0.3 is 15.8 Å². The van der Waals surface area contributed by atoms with E-state index in [1.165, 1.54) is 0 Å². The number of carbonyl (C=O) groups is 1. The van der Waals surface area contributed by atoms with Gasteiger partial charge in [0.1, 0.15) is 5.54 Å². The highest BCUT2D eigenvalue weighted by Gasteiger charge is 2.38. The zero-order valence-corrected chi connectivity index (χ0v) is 11.3. The van der Waals surface area contributed by atoms with Crippen molar-refractivity contribution in [1.29, 1.82) is 0 Å². The Kier molecular flexibility index (Phi) is 3.73. The van der Waals surface area contributed by atoms with Crippen LogP contribution in [0, 0.1) is 0 Å². The Morgan fingerprint density at radius 2 is 2.35 bits per heavy atom. The number of benzene rings is 1. The first kappa shape index (κ1) is 12.8. The van der Waals surface area contributed by atoms with E-state index in [2.05, 4.69) is 21.2 Å². The zero-order chi connectivity index (χ0) is 12.5. The Hall–Kier alpha value is -0.620. The van der Waals surface area contributed by atoms with Crippen LogP contribution in [0.1, 0.15) is 6.42 Å². The van der Waals surface area contributed by atoms with E-state index in [0.717, 1.165) is 4.47 Å². The molecule has 2 rings (SSSR count). The van der Waals surface area contributed by atoms with Crippen molar-refractivity contribution >= 4 is 39.1 Å². The topological polar surface area (TPSA) is 64.4 Å². The maximum absolute atomic E-state index is 12.0. The molecule has 1 aromatic rings. The Labute approximate surface area is 113 Å². The lowest BCUT2D eigenvalue weighted by atomic mass is 9.99. The molecule has 1 unspecified atom stereocenters. The second-order valence-corrected chi connectivity index (χ2v) is 5.36. The number of ether oxygens (including phenoxy) is 1. The summed E-state index contributed by atoms with van der Waals surface area (Å²) in [5, 5.41) is 3.20.